The van der Waals surface area contributed by atoms with Gasteiger partial charge in [-0.15, -0.1) is 0 Å². The fourth-order valence-electron chi connectivity index (χ4n) is 1.55. The number of amides is 1. The van der Waals surface area contributed by atoms with Crippen molar-refractivity contribution in [3.8, 4) is 0 Å². The van der Waals surface area contributed by atoms with Crippen molar-refractivity contribution < 1.29 is 14.3 Å². The molecule has 0 atom stereocenters. The number of carbonyl (C=O) groups excluding carboxylic acids is 2. The van der Waals surface area contributed by atoms with Gasteiger partial charge in [-0.3, -0.25) is 9.59 Å². The van der Waals surface area contributed by atoms with Crippen LogP contribution in [0.1, 0.15) is 40.0 Å². The van der Waals surface area contributed by atoms with Crippen molar-refractivity contribution in [1.82, 2.24) is 4.90 Å². The Kier molecular flexibility index (Phi) is 7.60. The fourth-order valence-corrected chi connectivity index (χ4v) is 1.55. The van der Waals surface area contributed by atoms with Gasteiger partial charge in [-0.05, 0) is 19.8 Å². The van der Waals surface area contributed by atoms with Crippen LogP contribution in [0.2, 0.25) is 0 Å². The zero-order valence-electron chi connectivity index (χ0n) is 10.8. The SMILES string of the molecule is CCOC(=O)CCN(C)C(=O)C(CC)CC. The first-order valence-corrected chi connectivity index (χ1v) is 5.97. The predicted octanol–water partition coefficient (Wildman–Crippen LogP) is 1.83. The summed E-state index contributed by atoms with van der Waals surface area (Å²) in [5.74, 6) is -0.0480. The molecule has 0 aromatic carbocycles. The van der Waals surface area contributed by atoms with Crippen LogP contribution in [0, 0.1) is 5.92 Å². The van der Waals surface area contributed by atoms with E-state index in [1.807, 2.05) is 13.8 Å². The summed E-state index contributed by atoms with van der Waals surface area (Å²) in [5.41, 5.74) is 0. The van der Waals surface area contributed by atoms with Gasteiger partial charge < -0.3 is 9.64 Å². The van der Waals surface area contributed by atoms with Gasteiger partial charge in [0.1, 0.15) is 0 Å². The van der Waals surface area contributed by atoms with E-state index < -0.39 is 0 Å². The van der Waals surface area contributed by atoms with Crippen LogP contribution in [0.15, 0.2) is 0 Å². The van der Waals surface area contributed by atoms with Gasteiger partial charge in [0.05, 0.1) is 13.0 Å². The molecule has 0 rings (SSSR count). The van der Waals surface area contributed by atoms with Gasteiger partial charge in [-0.1, -0.05) is 13.8 Å². The normalized spacial score (nSPS) is 10.3. The molecule has 0 spiro atoms. The van der Waals surface area contributed by atoms with Crippen molar-refractivity contribution in [3.05, 3.63) is 0 Å². The largest absolute Gasteiger partial charge is 0.466 e. The van der Waals surface area contributed by atoms with Crippen molar-refractivity contribution >= 4 is 11.9 Å². The van der Waals surface area contributed by atoms with E-state index in [-0.39, 0.29) is 24.2 Å². The topological polar surface area (TPSA) is 46.6 Å². The lowest BCUT2D eigenvalue weighted by Crippen LogP contribution is -2.34. The molecule has 94 valence electrons. The molecule has 4 nitrogen and oxygen atoms in total. The van der Waals surface area contributed by atoms with Crippen LogP contribution in [0.4, 0.5) is 0 Å². The smallest absolute Gasteiger partial charge is 0.307 e. The molecule has 0 fully saturated rings. The molecule has 0 saturated heterocycles. The Morgan fingerprint density at radius 3 is 2.19 bits per heavy atom. The summed E-state index contributed by atoms with van der Waals surface area (Å²) in [5, 5.41) is 0. The highest BCUT2D eigenvalue weighted by Gasteiger charge is 2.18. The third kappa shape index (κ3) is 5.14. The summed E-state index contributed by atoms with van der Waals surface area (Å²) in [4.78, 5) is 24.6. The maximum absolute atomic E-state index is 11.8. The van der Waals surface area contributed by atoms with Gasteiger partial charge in [-0.25, -0.2) is 0 Å². The Morgan fingerprint density at radius 1 is 1.19 bits per heavy atom. The molecule has 0 saturated carbocycles. The Balaban J connectivity index is 4.00. The third-order valence-corrected chi connectivity index (χ3v) is 2.67. The van der Waals surface area contributed by atoms with Gasteiger partial charge in [0.15, 0.2) is 0 Å². The Labute approximate surface area is 98.0 Å². The number of esters is 1. The predicted molar refractivity (Wildman–Crippen MR) is 63.0 cm³/mol. The first-order valence-electron chi connectivity index (χ1n) is 5.97. The van der Waals surface area contributed by atoms with Crippen LogP contribution in [0.5, 0.6) is 0 Å². The number of hydrogen-bond donors (Lipinski definition) is 0. The number of ether oxygens (including phenoxy) is 1. The van der Waals surface area contributed by atoms with E-state index in [0.717, 1.165) is 12.8 Å². The molecule has 0 aliphatic rings. The molecular formula is C12H23NO3. The fraction of sp³-hybridized carbons (Fsp3) is 0.833. The highest BCUT2D eigenvalue weighted by atomic mass is 16.5. The van der Waals surface area contributed by atoms with E-state index in [1.165, 1.54) is 0 Å². The molecule has 0 unspecified atom stereocenters. The van der Waals surface area contributed by atoms with Crippen molar-refractivity contribution in [2.75, 3.05) is 20.2 Å². The van der Waals surface area contributed by atoms with Crippen LogP contribution in [0.25, 0.3) is 0 Å². The van der Waals surface area contributed by atoms with Gasteiger partial charge in [0.25, 0.3) is 0 Å². The molecule has 0 radical (unpaired) electrons. The second-order valence-electron chi connectivity index (χ2n) is 3.83. The molecule has 0 aliphatic carbocycles. The monoisotopic (exact) mass is 229 g/mol. The third-order valence-electron chi connectivity index (χ3n) is 2.67. The summed E-state index contributed by atoms with van der Waals surface area (Å²) in [6, 6.07) is 0. The molecule has 0 aromatic rings. The standard InChI is InChI=1S/C12H23NO3/c1-5-10(6-2)12(15)13(4)9-8-11(14)16-7-3/h10H,5-9H2,1-4H3. The van der Waals surface area contributed by atoms with E-state index in [4.69, 9.17) is 4.74 Å². The highest BCUT2D eigenvalue weighted by Crippen LogP contribution is 2.11. The lowest BCUT2D eigenvalue weighted by atomic mass is 10.0. The molecule has 1 amide bonds. The van der Waals surface area contributed by atoms with E-state index in [0.29, 0.717) is 13.2 Å². The van der Waals surface area contributed by atoms with E-state index in [1.54, 1.807) is 18.9 Å². The molecule has 4 heteroatoms. The van der Waals surface area contributed by atoms with Crippen molar-refractivity contribution in [3.63, 3.8) is 0 Å². The summed E-state index contributed by atoms with van der Waals surface area (Å²) in [7, 11) is 1.74. The zero-order valence-corrected chi connectivity index (χ0v) is 10.8. The molecular weight excluding hydrogens is 206 g/mol. The second kappa shape index (κ2) is 8.13. The maximum atomic E-state index is 11.8. The van der Waals surface area contributed by atoms with Gasteiger partial charge >= 0.3 is 5.97 Å². The van der Waals surface area contributed by atoms with Crippen LogP contribution in [-0.2, 0) is 14.3 Å². The van der Waals surface area contributed by atoms with Crippen LogP contribution < -0.4 is 0 Å². The Morgan fingerprint density at radius 2 is 1.75 bits per heavy atom. The molecule has 0 bridgehead atoms. The summed E-state index contributed by atoms with van der Waals surface area (Å²) < 4.78 is 4.81. The van der Waals surface area contributed by atoms with Crippen LogP contribution in [-0.4, -0.2) is 37.0 Å². The maximum Gasteiger partial charge on any atom is 0.307 e. The average molecular weight is 229 g/mol. The van der Waals surface area contributed by atoms with Crippen molar-refractivity contribution in [2.24, 2.45) is 5.92 Å². The van der Waals surface area contributed by atoms with Gasteiger partial charge in [0.2, 0.25) is 5.91 Å². The van der Waals surface area contributed by atoms with Crippen molar-refractivity contribution in [2.45, 2.75) is 40.0 Å². The molecule has 0 aromatic heterocycles. The number of nitrogens with zero attached hydrogens (tertiary/aromatic N) is 1. The van der Waals surface area contributed by atoms with Gasteiger partial charge in [-0.2, -0.15) is 0 Å². The molecule has 16 heavy (non-hydrogen) atoms. The Hall–Kier alpha value is -1.06. The van der Waals surface area contributed by atoms with Gasteiger partial charge in [0, 0.05) is 19.5 Å². The summed E-state index contributed by atoms with van der Waals surface area (Å²) in [6.45, 7) is 6.62. The molecule has 0 N–H and O–H groups in total. The van der Waals surface area contributed by atoms with Crippen LogP contribution in [0.3, 0.4) is 0 Å². The van der Waals surface area contributed by atoms with Crippen LogP contribution >= 0.6 is 0 Å². The lowest BCUT2D eigenvalue weighted by Gasteiger charge is -2.21. The first-order chi connectivity index (χ1) is 7.56. The molecule has 0 aliphatic heterocycles. The minimum absolute atomic E-state index is 0.0761. The minimum Gasteiger partial charge on any atom is -0.466 e. The quantitative estimate of drug-likeness (QED) is 0.626. The van der Waals surface area contributed by atoms with E-state index in [9.17, 15) is 9.59 Å². The minimum atomic E-state index is -0.244. The Bertz CT molecular complexity index is 224. The number of carbonyl (C=O) groups is 2. The lowest BCUT2D eigenvalue weighted by molar-refractivity contribution is -0.144. The second-order valence-corrected chi connectivity index (χ2v) is 3.83. The zero-order chi connectivity index (χ0) is 12.6. The van der Waals surface area contributed by atoms with E-state index in [2.05, 4.69) is 0 Å². The molecule has 0 heterocycles. The van der Waals surface area contributed by atoms with E-state index >= 15 is 0 Å². The highest BCUT2D eigenvalue weighted by molar-refractivity contribution is 5.79. The summed E-state index contributed by atoms with van der Waals surface area (Å²) in [6.07, 6.45) is 1.97. The first kappa shape index (κ1) is 14.9. The average Bonchev–Trinajstić information content (AvgIpc) is 2.27. The number of hydrogen-bond acceptors (Lipinski definition) is 3. The van der Waals surface area contributed by atoms with Crippen molar-refractivity contribution in [1.29, 1.82) is 0 Å². The summed E-state index contributed by atoms with van der Waals surface area (Å²) >= 11 is 0. The number of rotatable bonds is 7.